The van der Waals surface area contributed by atoms with Crippen molar-refractivity contribution in [1.82, 2.24) is 9.88 Å². The van der Waals surface area contributed by atoms with Gasteiger partial charge in [0.15, 0.2) is 0 Å². The van der Waals surface area contributed by atoms with Gasteiger partial charge in [-0.1, -0.05) is 42.5 Å². The number of nitrogens with zero attached hydrogens (tertiary/aromatic N) is 1. The van der Waals surface area contributed by atoms with E-state index in [4.69, 9.17) is 4.74 Å². The van der Waals surface area contributed by atoms with Crippen LogP contribution in [0.5, 0.6) is 0 Å². The van der Waals surface area contributed by atoms with Crippen molar-refractivity contribution in [2.45, 2.75) is 44.1 Å². The van der Waals surface area contributed by atoms with E-state index < -0.39 is 0 Å². The molecule has 4 heterocycles. The molecule has 4 aliphatic rings. The van der Waals surface area contributed by atoms with Crippen LogP contribution in [0.4, 0.5) is 0 Å². The molecular formula is C26H20N2O2. The summed E-state index contributed by atoms with van der Waals surface area (Å²) in [5.41, 5.74) is 9.26. The highest BCUT2D eigenvalue weighted by molar-refractivity contribution is 6.20. The zero-order chi connectivity index (χ0) is 19.8. The van der Waals surface area contributed by atoms with Crippen molar-refractivity contribution in [3.63, 3.8) is 0 Å². The molecule has 4 heteroatoms. The molecule has 3 aliphatic heterocycles. The molecule has 1 saturated heterocycles. The van der Waals surface area contributed by atoms with E-state index in [-0.39, 0.29) is 23.7 Å². The fourth-order valence-corrected chi connectivity index (χ4v) is 6.91. The molecule has 1 aromatic heterocycles. The summed E-state index contributed by atoms with van der Waals surface area (Å²) in [4.78, 5) is 13.1. The second kappa shape index (κ2) is 4.79. The summed E-state index contributed by atoms with van der Waals surface area (Å²) in [6.45, 7) is 2.87. The lowest BCUT2D eigenvalue weighted by atomic mass is 9.78. The second-order valence-corrected chi connectivity index (χ2v) is 9.38. The minimum atomic E-state index is -0.262. The number of rotatable bonds is 0. The maximum atomic E-state index is 13.1. The molecule has 0 radical (unpaired) electrons. The smallest absolute Gasteiger partial charge is 0.252 e. The monoisotopic (exact) mass is 392 g/mol. The first-order valence-electron chi connectivity index (χ1n) is 10.8. The van der Waals surface area contributed by atoms with Gasteiger partial charge in [0.25, 0.3) is 5.91 Å². The van der Waals surface area contributed by atoms with E-state index in [0.29, 0.717) is 6.54 Å². The van der Waals surface area contributed by atoms with Gasteiger partial charge in [-0.05, 0) is 48.1 Å². The molecule has 3 unspecified atom stereocenters. The Kier molecular flexibility index (Phi) is 2.50. The maximum absolute atomic E-state index is 13.1. The van der Waals surface area contributed by atoms with Crippen molar-refractivity contribution in [2.75, 3.05) is 0 Å². The SMILES string of the molecule is CC12CCC(O1)n1c3ccccc3c3c4c(c5c(c31)C2c1ccccc1-5)C(=O)NC4. The molecule has 4 nitrogen and oxygen atoms in total. The fraction of sp³-hybridized carbons (Fsp3) is 0.269. The van der Waals surface area contributed by atoms with Crippen LogP contribution in [-0.2, 0) is 11.3 Å². The first-order chi connectivity index (χ1) is 14.7. The molecule has 2 bridgehead atoms. The number of amides is 1. The predicted molar refractivity (Wildman–Crippen MR) is 116 cm³/mol. The van der Waals surface area contributed by atoms with Crippen molar-refractivity contribution in [3.8, 4) is 11.1 Å². The highest BCUT2D eigenvalue weighted by atomic mass is 16.5. The van der Waals surface area contributed by atoms with E-state index in [9.17, 15) is 4.79 Å². The summed E-state index contributed by atoms with van der Waals surface area (Å²) in [6, 6.07) is 17.3. The van der Waals surface area contributed by atoms with E-state index >= 15 is 0 Å². The summed E-state index contributed by atoms with van der Waals surface area (Å²) >= 11 is 0. The van der Waals surface area contributed by atoms with Crippen molar-refractivity contribution in [1.29, 1.82) is 0 Å². The Bertz CT molecular complexity index is 1480. The zero-order valence-electron chi connectivity index (χ0n) is 16.7. The quantitative estimate of drug-likeness (QED) is 0.445. The van der Waals surface area contributed by atoms with Gasteiger partial charge >= 0.3 is 0 Å². The molecule has 4 aromatic rings. The Morgan fingerprint density at radius 3 is 2.87 bits per heavy atom. The van der Waals surface area contributed by atoms with Crippen LogP contribution in [-0.4, -0.2) is 16.1 Å². The summed E-state index contributed by atoms with van der Waals surface area (Å²) in [5.74, 6) is 0.214. The van der Waals surface area contributed by atoms with Gasteiger partial charge in [-0.25, -0.2) is 0 Å². The Morgan fingerprint density at radius 2 is 1.93 bits per heavy atom. The van der Waals surface area contributed by atoms with E-state index in [0.717, 1.165) is 29.5 Å². The molecule has 1 aliphatic carbocycles. The number of nitrogens with one attached hydrogen (secondary N) is 1. The summed E-state index contributed by atoms with van der Waals surface area (Å²) in [7, 11) is 0. The number of para-hydroxylation sites is 1. The Morgan fingerprint density at radius 1 is 1.10 bits per heavy atom. The van der Waals surface area contributed by atoms with Crippen molar-refractivity contribution < 1.29 is 9.53 Å². The van der Waals surface area contributed by atoms with Crippen LogP contribution in [0, 0.1) is 0 Å². The van der Waals surface area contributed by atoms with Gasteiger partial charge in [-0.3, -0.25) is 4.79 Å². The first kappa shape index (κ1) is 15.7. The van der Waals surface area contributed by atoms with Crippen LogP contribution in [0.1, 0.15) is 59.0 Å². The molecule has 1 fully saturated rings. The van der Waals surface area contributed by atoms with Gasteiger partial charge in [0.1, 0.15) is 6.23 Å². The lowest BCUT2D eigenvalue weighted by Crippen LogP contribution is -2.31. The van der Waals surface area contributed by atoms with E-state index in [1.165, 1.54) is 38.5 Å². The van der Waals surface area contributed by atoms with Crippen LogP contribution < -0.4 is 5.32 Å². The number of ether oxygens (including phenoxy) is 1. The minimum absolute atomic E-state index is 0.0439. The third-order valence-electron chi connectivity index (χ3n) is 7.96. The number of benzene rings is 3. The van der Waals surface area contributed by atoms with Crippen molar-refractivity contribution in [3.05, 3.63) is 70.8 Å². The molecule has 1 amide bonds. The van der Waals surface area contributed by atoms with Gasteiger partial charge in [-0.15, -0.1) is 0 Å². The minimum Gasteiger partial charge on any atom is -0.351 e. The third-order valence-corrected chi connectivity index (χ3v) is 7.96. The van der Waals surface area contributed by atoms with E-state index in [2.05, 4.69) is 65.3 Å². The maximum Gasteiger partial charge on any atom is 0.252 e. The third kappa shape index (κ3) is 1.51. The second-order valence-electron chi connectivity index (χ2n) is 9.38. The topological polar surface area (TPSA) is 43.3 Å². The number of hydrogen-bond donors (Lipinski definition) is 1. The number of carbonyl (C=O) groups excluding carboxylic acids is 1. The predicted octanol–water partition coefficient (Wildman–Crippen LogP) is 5.23. The molecule has 30 heavy (non-hydrogen) atoms. The number of hydrogen-bond acceptors (Lipinski definition) is 2. The molecule has 0 saturated carbocycles. The van der Waals surface area contributed by atoms with Gasteiger partial charge in [0.2, 0.25) is 0 Å². The zero-order valence-corrected chi connectivity index (χ0v) is 16.7. The summed E-state index contributed by atoms with van der Waals surface area (Å²) < 4.78 is 9.31. The van der Waals surface area contributed by atoms with Gasteiger partial charge in [0, 0.05) is 28.8 Å². The number of carbonyl (C=O) groups is 1. The molecular weight excluding hydrogens is 372 g/mol. The van der Waals surface area contributed by atoms with Crippen LogP contribution >= 0.6 is 0 Å². The highest BCUT2D eigenvalue weighted by Gasteiger charge is 2.53. The molecule has 146 valence electrons. The van der Waals surface area contributed by atoms with Crippen molar-refractivity contribution in [2.24, 2.45) is 0 Å². The van der Waals surface area contributed by atoms with E-state index in [1.807, 2.05) is 0 Å². The molecule has 0 spiro atoms. The van der Waals surface area contributed by atoms with Crippen LogP contribution in [0.3, 0.4) is 0 Å². The molecule has 1 N–H and O–H groups in total. The summed E-state index contributed by atoms with van der Waals surface area (Å²) in [5, 5.41) is 5.61. The summed E-state index contributed by atoms with van der Waals surface area (Å²) in [6.07, 6.45) is 2.08. The molecule has 3 atom stereocenters. The standard InChI is InChI=1S/C26H20N2O2/c1-26-11-10-18(30-26)28-17-9-5-4-8-15(17)19-16-12-27-25(29)21(16)20-13-6-2-3-7-14(13)23(26)22(20)24(19)28/h2-9,18,23H,10-12H2,1H3,(H,27,29). The number of fused-ring (bicyclic) bond motifs is 13. The highest BCUT2D eigenvalue weighted by Crippen LogP contribution is 2.62. The van der Waals surface area contributed by atoms with Gasteiger partial charge in [0.05, 0.1) is 22.2 Å². The average Bonchev–Trinajstić information content (AvgIpc) is 3.47. The van der Waals surface area contributed by atoms with E-state index in [1.54, 1.807) is 0 Å². The lowest BCUT2D eigenvalue weighted by Gasteiger charge is -2.31. The van der Waals surface area contributed by atoms with Crippen LogP contribution in [0.25, 0.3) is 32.9 Å². The van der Waals surface area contributed by atoms with Crippen LogP contribution in [0.15, 0.2) is 48.5 Å². The van der Waals surface area contributed by atoms with Crippen molar-refractivity contribution >= 4 is 27.7 Å². The molecule has 3 aromatic carbocycles. The van der Waals surface area contributed by atoms with Gasteiger partial charge < -0.3 is 14.6 Å². The Labute approximate surface area is 173 Å². The lowest BCUT2D eigenvalue weighted by molar-refractivity contribution is -0.0615. The average molecular weight is 392 g/mol. The van der Waals surface area contributed by atoms with Gasteiger partial charge in [-0.2, -0.15) is 0 Å². The normalized spacial score (nSPS) is 27.4. The molecule has 8 rings (SSSR count). The Balaban J connectivity index is 1.71. The fourth-order valence-electron chi connectivity index (χ4n) is 6.91. The number of aromatic nitrogens is 1. The first-order valence-corrected chi connectivity index (χ1v) is 10.8. The Hall–Kier alpha value is -3.11. The largest absolute Gasteiger partial charge is 0.351 e. The van der Waals surface area contributed by atoms with Crippen LogP contribution in [0.2, 0.25) is 0 Å².